The van der Waals surface area contributed by atoms with Gasteiger partial charge in [0.2, 0.25) is 5.91 Å². The van der Waals surface area contributed by atoms with E-state index in [1.165, 1.54) is 4.57 Å². The van der Waals surface area contributed by atoms with E-state index in [0.717, 1.165) is 10.0 Å². The molecule has 3 aromatic rings. The molecule has 0 saturated carbocycles. The molecule has 5 nitrogen and oxygen atoms in total. The van der Waals surface area contributed by atoms with Gasteiger partial charge in [0, 0.05) is 32.0 Å². The summed E-state index contributed by atoms with van der Waals surface area (Å²) in [5, 5.41) is 3.40. The van der Waals surface area contributed by atoms with Gasteiger partial charge in [-0.05, 0) is 56.7 Å². The molecular weight excluding hydrogens is 442 g/mol. The topological polar surface area (TPSA) is 64.0 Å². The van der Waals surface area contributed by atoms with Gasteiger partial charge in [0.25, 0.3) is 5.56 Å². The SMILES string of the molecule is Cc1cc(Br)ccc1NC(=O)Cn1c(-c2cccc(Cl)c2)nc(C)c(C)c1=O. The van der Waals surface area contributed by atoms with Crippen molar-refractivity contribution in [2.24, 2.45) is 0 Å². The molecule has 3 rings (SSSR count). The third kappa shape index (κ3) is 4.34. The quantitative estimate of drug-likeness (QED) is 0.603. The van der Waals surface area contributed by atoms with Gasteiger partial charge in [0.15, 0.2) is 0 Å². The van der Waals surface area contributed by atoms with Crippen molar-refractivity contribution in [1.29, 1.82) is 0 Å². The summed E-state index contributed by atoms with van der Waals surface area (Å²) in [5.41, 5.74) is 3.19. The van der Waals surface area contributed by atoms with Crippen molar-refractivity contribution in [2.45, 2.75) is 27.3 Å². The van der Waals surface area contributed by atoms with Gasteiger partial charge in [-0.3, -0.25) is 14.2 Å². The number of anilines is 1. The monoisotopic (exact) mass is 459 g/mol. The standard InChI is InChI=1S/C21H19BrClN3O2/c1-12-9-16(22)7-8-18(12)25-19(27)11-26-20(15-5-4-6-17(23)10-15)24-14(3)13(2)21(26)28/h4-10H,11H2,1-3H3,(H,25,27). The number of rotatable bonds is 4. The minimum atomic E-state index is -0.305. The Morgan fingerprint density at radius 1 is 1.18 bits per heavy atom. The number of halogens is 2. The van der Waals surface area contributed by atoms with E-state index in [-0.39, 0.29) is 18.0 Å². The fourth-order valence-electron chi connectivity index (χ4n) is 2.85. The fourth-order valence-corrected chi connectivity index (χ4v) is 3.52. The second kappa shape index (κ2) is 8.29. The Hall–Kier alpha value is -2.44. The third-order valence-corrected chi connectivity index (χ3v) is 5.21. The summed E-state index contributed by atoms with van der Waals surface area (Å²) in [5.74, 6) is 0.110. The van der Waals surface area contributed by atoms with Crippen LogP contribution in [-0.4, -0.2) is 15.5 Å². The van der Waals surface area contributed by atoms with E-state index in [9.17, 15) is 9.59 Å². The van der Waals surface area contributed by atoms with Crippen molar-refractivity contribution in [2.75, 3.05) is 5.32 Å². The second-order valence-electron chi connectivity index (χ2n) is 6.55. The van der Waals surface area contributed by atoms with Gasteiger partial charge in [-0.25, -0.2) is 4.98 Å². The number of nitrogens with one attached hydrogen (secondary N) is 1. The van der Waals surface area contributed by atoms with E-state index < -0.39 is 0 Å². The summed E-state index contributed by atoms with van der Waals surface area (Å²) in [6.07, 6.45) is 0. The maximum Gasteiger partial charge on any atom is 0.257 e. The Balaban J connectivity index is 2.00. The van der Waals surface area contributed by atoms with Gasteiger partial charge in [0.05, 0.1) is 0 Å². The molecule has 1 aromatic heterocycles. The van der Waals surface area contributed by atoms with Crippen LogP contribution in [0, 0.1) is 20.8 Å². The predicted octanol–water partition coefficient (Wildman–Crippen LogP) is 4.89. The minimum absolute atomic E-state index is 0.149. The normalized spacial score (nSPS) is 10.8. The molecule has 1 amide bonds. The van der Waals surface area contributed by atoms with Crippen molar-refractivity contribution < 1.29 is 4.79 Å². The molecule has 0 atom stereocenters. The number of carbonyl (C=O) groups excluding carboxylic acids is 1. The highest BCUT2D eigenvalue weighted by Gasteiger charge is 2.16. The number of aryl methyl sites for hydroxylation is 2. The van der Waals surface area contributed by atoms with Crippen LogP contribution in [0.4, 0.5) is 5.69 Å². The average molecular weight is 461 g/mol. The van der Waals surface area contributed by atoms with Gasteiger partial charge < -0.3 is 5.32 Å². The number of aromatic nitrogens is 2. The van der Waals surface area contributed by atoms with E-state index in [4.69, 9.17) is 11.6 Å². The van der Waals surface area contributed by atoms with Crippen LogP contribution in [0.3, 0.4) is 0 Å². The summed E-state index contributed by atoms with van der Waals surface area (Å²) in [6, 6.07) is 12.7. The van der Waals surface area contributed by atoms with Crippen LogP contribution in [-0.2, 0) is 11.3 Å². The lowest BCUT2D eigenvalue weighted by Gasteiger charge is -2.15. The van der Waals surface area contributed by atoms with Crippen LogP contribution >= 0.6 is 27.5 Å². The maximum absolute atomic E-state index is 12.9. The molecule has 0 aliphatic carbocycles. The number of benzene rings is 2. The molecule has 0 saturated heterocycles. The Morgan fingerprint density at radius 2 is 1.93 bits per heavy atom. The van der Waals surface area contributed by atoms with Crippen molar-refractivity contribution in [1.82, 2.24) is 9.55 Å². The van der Waals surface area contributed by atoms with Crippen LogP contribution in [0.25, 0.3) is 11.4 Å². The number of carbonyl (C=O) groups is 1. The highest BCUT2D eigenvalue weighted by atomic mass is 79.9. The molecule has 0 aliphatic heterocycles. The summed E-state index contributed by atoms with van der Waals surface area (Å²) in [7, 11) is 0. The Morgan fingerprint density at radius 3 is 2.61 bits per heavy atom. The van der Waals surface area contributed by atoms with Crippen molar-refractivity contribution in [3.05, 3.63) is 79.1 Å². The van der Waals surface area contributed by atoms with E-state index in [2.05, 4.69) is 26.2 Å². The molecule has 0 bridgehead atoms. The molecule has 7 heteroatoms. The Kier molecular flexibility index (Phi) is 6.01. The molecule has 28 heavy (non-hydrogen) atoms. The zero-order chi connectivity index (χ0) is 20.4. The average Bonchev–Trinajstić information content (AvgIpc) is 2.64. The number of amides is 1. The first-order valence-electron chi connectivity index (χ1n) is 8.66. The third-order valence-electron chi connectivity index (χ3n) is 4.49. The van der Waals surface area contributed by atoms with E-state index >= 15 is 0 Å². The van der Waals surface area contributed by atoms with Gasteiger partial charge in [-0.2, -0.15) is 0 Å². The lowest BCUT2D eigenvalue weighted by molar-refractivity contribution is -0.116. The molecule has 0 aliphatic rings. The molecule has 0 spiro atoms. The maximum atomic E-state index is 12.9. The molecule has 0 unspecified atom stereocenters. The minimum Gasteiger partial charge on any atom is -0.324 e. The summed E-state index contributed by atoms with van der Waals surface area (Å²) >= 11 is 9.51. The number of nitrogens with zero attached hydrogens (tertiary/aromatic N) is 2. The van der Waals surface area contributed by atoms with Crippen LogP contribution in [0.1, 0.15) is 16.8 Å². The zero-order valence-electron chi connectivity index (χ0n) is 15.7. The summed E-state index contributed by atoms with van der Waals surface area (Å²) in [4.78, 5) is 30.1. The number of hydrogen-bond donors (Lipinski definition) is 1. The summed E-state index contributed by atoms with van der Waals surface area (Å²) < 4.78 is 2.32. The highest BCUT2D eigenvalue weighted by Crippen LogP contribution is 2.22. The molecule has 2 aromatic carbocycles. The summed E-state index contributed by atoms with van der Waals surface area (Å²) in [6.45, 7) is 5.24. The Bertz CT molecular complexity index is 1130. The van der Waals surface area contributed by atoms with Crippen LogP contribution in [0.2, 0.25) is 5.02 Å². The first-order valence-corrected chi connectivity index (χ1v) is 9.83. The molecule has 1 N–H and O–H groups in total. The van der Waals surface area contributed by atoms with Crippen LogP contribution < -0.4 is 10.9 Å². The predicted molar refractivity (Wildman–Crippen MR) is 116 cm³/mol. The number of hydrogen-bond acceptors (Lipinski definition) is 3. The van der Waals surface area contributed by atoms with E-state index in [1.54, 1.807) is 32.0 Å². The first kappa shape index (κ1) is 20.3. The second-order valence-corrected chi connectivity index (χ2v) is 7.91. The molecule has 1 heterocycles. The lowest BCUT2D eigenvalue weighted by Crippen LogP contribution is -2.31. The smallest absolute Gasteiger partial charge is 0.257 e. The largest absolute Gasteiger partial charge is 0.324 e. The van der Waals surface area contributed by atoms with E-state index in [0.29, 0.717) is 33.4 Å². The molecular formula is C21H19BrClN3O2. The molecule has 144 valence electrons. The van der Waals surface area contributed by atoms with Gasteiger partial charge in [0.1, 0.15) is 12.4 Å². The van der Waals surface area contributed by atoms with Gasteiger partial charge in [-0.15, -0.1) is 0 Å². The van der Waals surface area contributed by atoms with Gasteiger partial charge >= 0.3 is 0 Å². The van der Waals surface area contributed by atoms with Crippen LogP contribution in [0.15, 0.2) is 51.7 Å². The molecule has 0 fully saturated rings. The lowest BCUT2D eigenvalue weighted by atomic mass is 10.1. The zero-order valence-corrected chi connectivity index (χ0v) is 18.1. The molecule has 0 radical (unpaired) electrons. The highest BCUT2D eigenvalue weighted by molar-refractivity contribution is 9.10. The van der Waals surface area contributed by atoms with Crippen LogP contribution in [0.5, 0.6) is 0 Å². The van der Waals surface area contributed by atoms with Crippen molar-refractivity contribution in [3.63, 3.8) is 0 Å². The van der Waals surface area contributed by atoms with Gasteiger partial charge in [-0.1, -0.05) is 39.7 Å². The van der Waals surface area contributed by atoms with Crippen molar-refractivity contribution >= 4 is 39.1 Å². The van der Waals surface area contributed by atoms with E-state index in [1.807, 2.05) is 31.2 Å². The first-order chi connectivity index (χ1) is 13.3. The fraction of sp³-hybridized carbons (Fsp3) is 0.190. The van der Waals surface area contributed by atoms with Crippen molar-refractivity contribution in [3.8, 4) is 11.4 Å². The Labute approximate surface area is 176 Å².